The van der Waals surface area contributed by atoms with Crippen molar-refractivity contribution in [2.24, 2.45) is 0 Å². The van der Waals surface area contributed by atoms with Gasteiger partial charge in [0.15, 0.2) is 0 Å². The van der Waals surface area contributed by atoms with Gasteiger partial charge in [-0.1, -0.05) is 36.4 Å². The number of benzene rings is 2. The fourth-order valence-corrected chi connectivity index (χ4v) is 2.83. The van der Waals surface area contributed by atoms with E-state index in [9.17, 15) is 5.11 Å². The lowest BCUT2D eigenvalue weighted by molar-refractivity contribution is 0.293. The third kappa shape index (κ3) is 3.06. The van der Waals surface area contributed by atoms with Gasteiger partial charge in [-0.3, -0.25) is 0 Å². The highest BCUT2D eigenvalue weighted by molar-refractivity contribution is 7.99. The molecule has 0 aromatic heterocycles. The van der Waals surface area contributed by atoms with Gasteiger partial charge in [-0.25, -0.2) is 0 Å². The van der Waals surface area contributed by atoms with Gasteiger partial charge in [-0.05, 0) is 18.2 Å². The highest BCUT2D eigenvalue weighted by atomic mass is 32.2. The molecule has 2 aromatic rings. The van der Waals surface area contributed by atoms with Crippen LogP contribution < -0.4 is 4.74 Å². The van der Waals surface area contributed by atoms with Crippen molar-refractivity contribution in [3.05, 3.63) is 60.2 Å². The van der Waals surface area contributed by atoms with Crippen molar-refractivity contribution in [2.45, 2.75) is 10.1 Å². The summed E-state index contributed by atoms with van der Waals surface area (Å²) in [6.45, 7) is 0.0833. The number of para-hydroxylation sites is 1. The smallest absolute Gasteiger partial charge is 0.123 e. The summed E-state index contributed by atoms with van der Waals surface area (Å²) < 4.78 is 5.34. The molecule has 3 heteroatoms. The second-order valence-electron chi connectivity index (χ2n) is 3.84. The molecule has 0 fully saturated rings. The molecule has 0 aliphatic heterocycles. The molecule has 0 aliphatic carbocycles. The topological polar surface area (TPSA) is 29.5 Å². The van der Waals surface area contributed by atoms with Gasteiger partial charge >= 0.3 is 0 Å². The Morgan fingerprint density at radius 1 is 1.06 bits per heavy atom. The van der Waals surface area contributed by atoms with Crippen LogP contribution in [0, 0.1) is 0 Å². The maximum atomic E-state index is 9.58. The van der Waals surface area contributed by atoms with Crippen LogP contribution in [0.5, 0.6) is 5.75 Å². The quantitative estimate of drug-likeness (QED) is 0.834. The Morgan fingerprint density at radius 3 is 2.39 bits per heavy atom. The standard InChI is InChI=1S/C15H16O2S/c1-17-14-10-6-5-9-13(14)15(11-16)18-12-7-3-2-4-8-12/h2-10,15-16H,11H2,1H3. The highest BCUT2D eigenvalue weighted by Gasteiger charge is 2.16. The van der Waals surface area contributed by atoms with Crippen molar-refractivity contribution >= 4 is 11.8 Å². The monoisotopic (exact) mass is 260 g/mol. The van der Waals surface area contributed by atoms with Crippen molar-refractivity contribution in [1.29, 1.82) is 0 Å². The fourth-order valence-electron chi connectivity index (χ4n) is 1.79. The van der Waals surface area contributed by atoms with E-state index in [0.717, 1.165) is 16.2 Å². The predicted octanol–water partition coefficient (Wildman–Crippen LogP) is 3.52. The number of ether oxygens (including phenoxy) is 1. The predicted molar refractivity (Wildman–Crippen MR) is 75.1 cm³/mol. The second kappa shape index (κ2) is 6.47. The van der Waals surface area contributed by atoms with E-state index in [1.165, 1.54) is 0 Å². The molecule has 1 atom stereocenters. The molecule has 0 saturated carbocycles. The van der Waals surface area contributed by atoms with Crippen molar-refractivity contribution in [3.8, 4) is 5.75 Å². The number of methoxy groups -OCH3 is 1. The Labute approximate surface area is 112 Å². The Kier molecular flexibility index (Phi) is 4.67. The molecule has 2 nitrogen and oxygen atoms in total. The molecule has 1 N–H and O–H groups in total. The maximum Gasteiger partial charge on any atom is 0.123 e. The molecule has 0 aliphatic rings. The summed E-state index contributed by atoms with van der Waals surface area (Å²) in [6, 6.07) is 17.9. The minimum Gasteiger partial charge on any atom is -0.496 e. The van der Waals surface area contributed by atoms with E-state index in [1.807, 2.05) is 54.6 Å². The van der Waals surface area contributed by atoms with Crippen LogP contribution in [0.4, 0.5) is 0 Å². The van der Waals surface area contributed by atoms with Crippen LogP contribution in [0.2, 0.25) is 0 Å². The van der Waals surface area contributed by atoms with Gasteiger partial charge in [0.1, 0.15) is 5.75 Å². The van der Waals surface area contributed by atoms with Crippen molar-refractivity contribution in [1.82, 2.24) is 0 Å². The molecule has 2 rings (SSSR count). The number of aliphatic hydroxyl groups is 1. The second-order valence-corrected chi connectivity index (χ2v) is 5.12. The van der Waals surface area contributed by atoms with Gasteiger partial charge in [-0.2, -0.15) is 0 Å². The fraction of sp³-hybridized carbons (Fsp3) is 0.200. The first-order valence-corrected chi connectivity index (χ1v) is 6.68. The van der Waals surface area contributed by atoms with Crippen LogP contribution in [0.25, 0.3) is 0 Å². The number of thioether (sulfide) groups is 1. The number of hydrogen-bond donors (Lipinski definition) is 1. The van der Waals surface area contributed by atoms with Gasteiger partial charge in [0, 0.05) is 10.5 Å². The first-order chi connectivity index (χ1) is 8.85. The van der Waals surface area contributed by atoms with Gasteiger partial charge in [0.25, 0.3) is 0 Å². The van der Waals surface area contributed by atoms with Crippen molar-refractivity contribution in [2.75, 3.05) is 13.7 Å². The largest absolute Gasteiger partial charge is 0.496 e. The summed E-state index contributed by atoms with van der Waals surface area (Å²) >= 11 is 1.64. The Balaban J connectivity index is 2.23. The zero-order chi connectivity index (χ0) is 12.8. The van der Waals surface area contributed by atoms with E-state index in [2.05, 4.69) is 0 Å². The lowest BCUT2D eigenvalue weighted by Crippen LogP contribution is -2.02. The molecular formula is C15H16O2S. The minimum absolute atomic E-state index is 0.0106. The van der Waals surface area contributed by atoms with E-state index in [4.69, 9.17) is 4.74 Å². The van der Waals surface area contributed by atoms with E-state index < -0.39 is 0 Å². The Hall–Kier alpha value is -1.45. The molecule has 94 valence electrons. The van der Waals surface area contributed by atoms with Crippen LogP contribution in [0.3, 0.4) is 0 Å². The Bertz CT molecular complexity index is 485. The zero-order valence-electron chi connectivity index (χ0n) is 10.2. The average Bonchev–Trinajstić information content (AvgIpc) is 2.46. The lowest BCUT2D eigenvalue weighted by atomic mass is 10.1. The lowest BCUT2D eigenvalue weighted by Gasteiger charge is -2.17. The summed E-state index contributed by atoms with van der Waals surface area (Å²) in [7, 11) is 1.65. The first kappa shape index (κ1) is 13.0. The molecule has 1 unspecified atom stereocenters. The Morgan fingerprint density at radius 2 is 1.72 bits per heavy atom. The van der Waals surface area contributed by atoms with Crippen LogP contribution in [-0.2, 0) is 0 Å². The van der Waals surface area contributed by atoms with Crippen LogP contribution in [0.1, 0.15) is 10.8 Å². The van der Waals surface area contributed by atoms with Gasteiger partial charge in [0.2, 0.25) is 0 Å². The molecule has 0 saturated heterocycles. The van der Waals surface area contributed by atoms with E-state index in [0.29, 0.717) is 0 Å². The normalized spacial score (nSPS) is 12.1. The van der Waals surface area contributed by atoms with E-state index in [1.54, 1.807) is 18.9 Å². The third-order valence-electron chi connectivity index (χ3n) is 2.67. The van der Waals surface area contributed by atoms with Gasteiger partial charge in [0.05, 0.1) is 19.0 Å². The summed E-state index contributed by atoms with van der Waals surface area (Å²) in [5.41, 5.74) is 1.02. The SMILES string of the molecule is COc1ccccc1C(CO)Sc1ccccc1. The highest BCUT2D eigenvalue weighted by Crippen LogP contribution is 2.38. The number of hydrogen-bond acceptors (Lipinski definition) is 3. The van der Waals surface area contributed by atoms with Gasteiger partial charge in [-0.15, -0.1) is 11.8 Å². The maximum absolute atomic E-state index is 9.58. The van der Waals surface area contributed by atoms with E-state index in [-0.39, 0.29) is 11.9 Å². The summed E-state index contributed by atoms with van der Waals surface area (Å²) in [5, 5.41) is 9.57. The summed E-state index contributed by atoms with van der Waals surface area (Å²) in [6.07, 6.45) is 0. The number of aliphatic hydroxyl groups excluding tert-OH is 1. The zero-order valence-corrected chi connectivity index (χ0v) is 11.1. The van der Waals surface area contributed by atoms with Crippen molar-refractivity contribution < 1.29 is 9.84 Å². The van der Waals surface area contributed by atoms with Crippen LogP contribution in [0.15, 0.2) is 59.5 Å². The molecular weight excluding hydrogens is 244 g/mol. The van der Waals surface area contributed by atoms with E-state index >= 15 is 0 Å². The molecule has 0 heterocycles. The first-order valence-electron chi connectivity index (χ1n) is 5.80. The molecule has 0 bridgehead atoms. The number of rotatable bonds is 5. The van der Waals surface area contributed by atoms with Crippen LogP contribution in [-0.4, -0.2) is 18.8 Å². The molecule has 0 spiro atoms. The summed E-state index contributed by atoms with van der Waals surface area (Å²) in [4.78, 5) is 1.14. The van der Waals surface area contributed by atoms with Crippen LogP contribution >= 0.6 is 11.8 Å². The third-order valence-corrected chi connectivity index (χ3v) is 3.91. The van der Waals surface area contributed by atoms with Crippen molar-refractivity contribution in [3.63, 3.8) is 0 Å². The minimum atomic E-state index is -0.0106. The summed E-state index contributed by atoms with van der Waals surface area (Å²) in [5.74, 6) is 0.819. The van der Waals surface area contributed by atoms with Gasteiger partial charge < -0.3 is 9.84 Å². The average molecular weight is 260 g/mol. The molecule has 0 radical (unpaired) electrons. The molecule has 2 aromatic carbocycles. The molecule has 0 amide bonds. The molecule has 18 heavy (non-hydrogen) atoms.